The van der Waals surface area contributed by atoms with Crippen LogP contribution in [0.1, 0.15) is 5.56 Å². The summed E-state index contributed by atoms with van der Waals surface area (Å²) >= 11 is 0. The van der Waals surface area contributed by atoms with Crippen molar-refractivity contribution in [1.29, 1.82) is 0 Å². The van der Waals surface area contributed by atoms with E-state index in [1.165, 1.54) is 42.5 Å². The van der Waals surface area contributed by atoms with E-state index in [4.69, 9.17) is 18.9 Å². The Morgan fingerprint density at radius 2 is 0.881 bits per heavy atom. The molecule has 0 saturated heterocycles. The highest BCUT2D eigenvalue weighted by atomic mass is 19.4. The highest BCUT2D eigenvalue weighted by Gasteiger charge is 2.34. The molecule has 0 saturated carbocycles. The second-order valence-corrected chi connectivity index (χ2v) is 8.08. The van der Waals surface area contributed by atoms with Crippen LogP contribution in [0, 0.1) is 0 Å². The van der Waals surface area contributed by atoms with Crippen LogP contribution in [0.2, 0.25) is 0 Å². The fraction of sp³-hybridized carbons (Fsp3) is 0.0323. The van der Waals surface area contributed by atoms with E-state index in [0.29, 0.717) is 0 Å². The first-order chi connectivity index (χ1) is 19.9. The zero-order chi connectivity index (χ0) is 31.0. The van der Waals surface area contributed by atoms with Gasteiger partial charge in [0.2, 0.25) is 0 Å². The molecule has 3 aromatic rings. The van der Waals surface area contributed by atoms with Crippen LogP contribution in [-0.4, -0.2) is 23.9 Å². The summed E-state index contributed by atoms with van der Waals surface area (Å²) in [4.78, 5) is 47.0. The molecule has 0 amide bonds. The van der Waals surface area contributed by atoms with Crippen molar-refractivity contribution < 1.29 is 51.3 Å². The lowest BCUT2D eigenvalue weighted by molar-refractivity contribution is -0.137. The minimum Gasteiger partial charge on any atom is -0.419 e. The van der Waals surface area contributed by atoms with E-state index in [-0.39, 0.29) is 45.3 Å². The number of hydrogen-bond acceptors (Lipinski definition) is 8. The number of alkyl halides is 3. The van der Waals surface area contributed by atoms with Crippen molar-refractivity contribution in [1.82, 2.24) is 0 Å². The Kier molecular flexibility index (Phi) is 9.61. The lowest BCUT2D eigenvalue weighted by Gasteiger charge is -2.17. The molecule has 0 spiro atoms. The fourth-order valence-corrected chi connectivity index (χ4v) is 3.50. The first kappa shape index (κ1) is 30.8. The standard InChI is InChI=1S/C31H21F3O8/c1-5-27(35)39-23-13-10-19(16-25(23)41-29(37)7-3)18-9-12-21(22(15-18)31(32,33)34)20-11-14-24(40-28(36)6-2)26(17-20)42-30(38)8-4/h5-17H,1-4H2. The molecule has 0 N–H and O–H groups in total. The van der Waals surface area contributed by atoms with E-state index in [2.05, 4.69) is 26.3 Å². The van der Waals surface area contributed by atoms with Gasteiger partial charge in [0.25, 0.3) is 0 Å². The Morgan fingerprint density at radius 3 is 1.31 bits per heavy atom. The van der Waals surface area contributed by atoms with Crippen LogP contribution < -0.4 is 18.9 Å². The van der Waals surface area contributed by atoms with Gasteiger partial charge in [0.15, 0.2) is 23.0 Å². The molecule has 0 aliphatic rings. The van der Waals surface area contributed by atoms with Crippen molar-refractivity contribution in [3.05, 3.63) is 111 Å². The molecule has 11 heteroatoms. The summed E-state index contributed by atoms with van der Waals surface area (Å²) in [5, 5.41) is 0. The van der Waals surface area contributed by atoms with Gasteiger partial charge in [-0.15, -0.1) is 0 Å². The highest BCUT2D eigenvalue weighted by Crippen LogP contribution is 2.43. The Hall–Kier alpha value is -5.71. The zero-order valence-electron chi connectivity index (χ0n) is 21.7. The van der Waals surface area contributed by atoms with Crippen LogP contribution in [0.4, 0.5) is 13.2 Å². The molecular formula is C31H21F3O8. The van der Waals surface area contributed by atoms with Gasteiger partial charge >= 0.3 is 30.1 Å². The largest absolute Gasteiger partial charge is 0.419 e. The van der Waals surface area contributed by atoms with Crippen molar-refractivity contribution in [2.24, 2.45) is 0 Å². The molecular weight excluding hydrogens is 557 g/mol. The summed E-state index contributed by atoms with van der Waals surface area (Å²) in [5.74, 6) is -4.57. The summed E-state index contributed by atoms with van der Waals surface area (Å²) < 4.78 is 63.2. The summed E-state index contributed by atoms with van der Waals surface area (Å²) in [5.41, 5.74) is -1.13. The highest BCUT2D eigenvalue weighted by molar-refractivity contribution is 5.88. The summed E-state index contributed by atoms with van der Waals surface area (Å²) in [6, 6.07) is 10.8. The Balaban J connectivity index is 2.15. The second kappa shape index (κ2) is 13.1. The van der Waals surface area contributed by atoms with Crippen molar-refractivity contribution in [3.63, 3.8) is 0 Å². The average Bonchev–Trinajstić information content (AvgIpc) is 2.97. The molecule has 8 nitrogen and oxygen atoms in total. The van der Waals surface area contributed by atoms with Crippen molar-refractivity contribution in [3.8, 4) is 45.3 Å². The molecule has 3 rings (SSSR count). The number of ether oxygens (including phenoxy) is 4. The van der Waals surface area contributed by atoms with E-state index in [0.717, 1.165) is 36.4 Å². The Bertz CT molecular complexity index is 1620. The van der Waals surface area contributed by atoms with Crippen LogP contribution in [-0.2, 0) is 25.4 Å². The minimum absolute atomic E-state index is 0.0218. The topological polar surface area (TPSA) is 105 Å². The molecule has 0 bridgehead atoms. The molecule has 42 heavy (non-hydrogen) atoms. The predicted molar refractivity (Wildman–Crippen MR) is 146 cm³/mol. The third kappa shape index (κ3) is 7.48. The fourth-order valence-electron chi connectivity index (χ4n) is 3.50. The van der Waals surface area contributed by atoms with Crippen molar-refractivity contribution in [2.75, 3.05) is 0 Å². The molecule has 0 atom stereocenters. The van der Waals surface area contributed by atoms with E-state index >= 15 is 0 Å². The third-order valence-corrected chi connectivity index (χ3v) is 5.37. The number of esters is 4. The molecule has 3 aromatic carbocycles. The van der Waals surface area contributed by atoms with Gasteiger partial charge in [-0.3, -0.25) is 0 Å². The molecule has 0 unspecified atom stereocenters. The molecule has 0 fully saturated rings. The normalized spacial score (nSPS) is 10.5. The maximum absolute atomic E-state index is 14.3. The van der Waals surface area contributed by atoms with E-state index in [1.54, 1.807) is 0 Å². The SMILES string of the molecule is C=CC(=O)Oc1ccc(-c2ccc(-c3ccc(OC(=O)C=C)c(OC(=O)C=C)c3)c(C(F)(F)F)c2)cc1OC(=O)C=C. The number of benzene rings is 3. The molecule has 214 valence electrons. The van der Waals surface area contributed by atoms with Gasteiger partial charge in [-0.25, -0.2) is 19.2 Å². The van der Waals surface area contributed by atoms with E-state index in [1.807, 2.05) is 0 Å². The summed E-state index contributed by atoms with van der Waals surface area (Å²) in [6.45, 7) is 13.1. The smallest absolute Gasteiger partial charge is 0.417 e. The first-order valence-corrected chi connectivity index (χ1v) is 11.8. The van der Waals surface area contributed by atoms with Crippen LogP contribution in [0.25, 0.3) is 22.3 Å². The maximum Gasteiger partial charge on any atom is 0.417 e. The lowest BCUT2D eigenvalue weighted by Crippen LogP contribution is -2.10. The number of rotatable bonds is 10. The van der Waals surface area contributed by atoms with Crippen LogP contribution >= 0.6 is 0 Å². The quantitative estimate of drug-likeness (QED) is 0.155. The van der Waals surface area contributed by atoms with Crippen LogP contribution in [0.3, 0.4) is 0 Å². The number of carbonyl (C=O) groups excluding carboxylic acids is 4. The van der Waals surface area contributed by atoms with Gasteiger partial charge in [0.05, 0.1) is 5.56 Å². The van der Waals surface area contributed by atoms with Gasteiger partial charge in [-0.1, -0.05) is 50.6 Å². The minimum atomic E-state index is -4.85. The maximum atomic E-state index is 14.3. The zero-order valence-corrected chi connectivity index (χ0v) is 21.7. The predicted octanol–water partition coefficient (Wildman–Crippen LogP) is 6.41. The molecule has 0 aliphatic carbocycles. The van der Waals surface area contributed by atoms with Crippen molar-refractivity contribution >= 4 is 23.9 Å². The second-order valence-electron chi connectivity index (χ2n) is 8.08. The van der Waals surface area contributed by atoms with Crippen LogP contribution in [0.5, 0.6) is 23.0 Å². The Morgan fingerprint density at radius 1 is 0.524 bits per heavy atom. The third-order valence-electron chi connectivity index (χ3n) is 5.37. The van der Waals surface area contributed by atoms with E-state index in [9.17, 15) is 32.3 Å². The lowest BCUT2D eigenvalue weighted by atomic mass is 9.94. The molecule has 0 aliphatic heterocycles. The average molecular weight is 578 g/mol. The summed E-state index contributed by atoms with van der Waals surface area (Å²) in [7, 11) is 0. The van der Waals surface area contributed by atoms with Gasteiger partial charge in [0, 0.05) is 24.3 Å². The molecule has 0 aromatic heterocycles. The summed E-state index contributed by atoms with van der Waals surface area (Å²) in [6.07, 6.45) is -1.44. The van der Waals surface area contributed by atoms with Gasteiger partial charge in [0.1, 0.15) is 0 Å². The Labute approximate surface area is 237 Å². The number of halogens is 3. The molecule has 0 radical (unpaired) electrons. The first-order valence-electron chi connectivity index (χ1n) is 11.8. The van der Waals surface area contributed by atoms with Gasteiger partial charge < -0.3 is 18.9 Å². The van der Waals surface area contributed by atoms with Crippen molar-refractivity contribution in [2.45, 2.75) is 6.18 Å². The van der Waals surface area contributed by atoms with E-state index < -0.39 is 35.6 Å². The monoisotopic (exact) mass is 578 g/mol. The van der Waals surface area contributed by atoms with Crippen LogP contribution in [0.15, 0.2) is 105 Å². The molecule has 0 heterocycles. The van der Waals surface area contributed by atoms with Gasteiger partial charge in [-0.2, -0.15) is 13.2 Å². The number of hydrogen-bond donors (Lipinski definition) is 0. The van der Waals surface area contributed by atoms with Gasteiger partial charge in [-0.05, 0) is 52.6 Å². The number of carbonyl (C=O) groups is 4.